The molecule has 1 rings (SSSR count). The van der Waals surface area contributed by atoms with Gasteiger partial charge in [0.1, 0.15) is 5.82 Å². The monoisotopic (exact) mass is 381 g/mol. The zero-order valence-electron chi connectivity index (χ0n) is 11.7. The Kier molecular flexibility index (Phi) is 5.89. The number of sulfonamides is 1. The molecule has 0 heterocycles. The number of aliphatic carboxylic acids is 1. The van der Waals surface area contributed by atoms with Crippen molar-refractivity contribution in [1.82, 2.24) is 4.72 Å². The van der Waals surface area contributed by atoms with E-state index >= 15 is 0 Å². The van der Waals surface area contributed by atoms with Crippen molar-refractivity contribution in [2.45, 2.75) is 38.0 Å². The van der Waals surface area contributed by atoms with Crippen molar-refractivity contribution in [3.05, 3.63) is 34.1 Å². The Morgan fingerprint density at radius 3 is 2.57 bits per heavy atom. The summed E-state index contributed by atoms with van der Waals surface area (Å²) in [7, 11) is -3.69. The van der Waals surface area contributed by atoms with Crippen molar-refractivity contribution in [3.63, 3.8) is 0 Å². The smallest absolute Gasteiger partial charge is 0.303 e. The SMILES string of the molecule is CC(C)(CCC(=O)O)NS(=O)(=O)Cc1ccc(Br)c(F)c1. The van der Waals surface area contributed by atoms with Crippen LogP contribution in [-0.2, 0) is 20.6 Å². The molecule has 0 aliphatic heterocycles. The van der Waals surface area contributed by atoms with Gasteiger partial charge in [-0.3, -0.25) is 4.79 Å². The summed E-state index contributed by atoms with van der Waals surface area (Å²) in [6.07, 6.45) is 0.0265. The normalized spacial score (nSPS) is 12.4. The van der Waals surface area contributed by atoms with Crippen LogP contribution in [0.1, 0.15) is 32.3 Å². The number of carboxylic acids is 1. The van der Waals surface area contributed by atoms with E-state index in [0.717, 1.165) is 6.07 Å². The van der Waals surface area contributed by atoms with E-state index in [4.69, 9.17) is 5.11 Å². The topological polar surface area (TPSA) is 83.5 Å². The van der Waals surface area contributed by atoms with Crippen LogP contribution in [0.4, 0.5) is 4.39 Å². The maximum atomic E-state index is 13.4. The first-order chi connectivity index (χ1) is 9.51. The second kappa shape index (κ2) is 6.85. The predicted octanol–water partition coefficient (Wildman–Crippen LogP) is 2.65. The molecule has 0 aliphatic carbocycles. The number of carbonyl (C=O) groups is 1. The minimum atomic E-state index is -3.69. The summed E-state index contributed by atoms with van der Waals surface area (Å²) in [5.74, 6) is -1.89. The molecule has 0 aromatic heterocycles. The Morgan fingerprint density at radius 1 is 1.43 bits per heavy atom. The first-order valence-electron chi connectivity index (χ1n) is 6.18. The van der Waals surface area contributed by atoms with Crippen molar-refractivity contribution >= 4 is 31.9 Å². The van der Waals surface area contributed by atoms with Gasteiger partial charge in [0.25, 0.3) is 0 Å². The average Bonchev–Trinajstić information content (AvgIpc) is 2.30. The van der Waals surface area contributed by atoms with Crippen LogP contribution in [0.2, 0.25) is 0 Å². The number of halogens is 2. The Balaban J connectivity index is 2.77. The molecule has 0 atom stereocenters. The Labute approximate surface area is 131 Å². The molecule has 0 fully saturated rings. The fourth-order valence-electron chi connectivity index (χ4n) is 1.78. The quantitative estimate of drug-likeness (QED) is 0.760. The molecule has 1 aromatic carbocycles. The molecule has 0 unspecified atom stereocenters. The maximum Gasteiger partial charge on any atom is 0.303 e. The van der Waals surface area contributed by atoms with E-state index < -0.39 is 27.3 Å². The van der Waals surface area contributed by atoms with Crippen molar-refractivity contribution in [3.8, 4) is 0 Å². The van der Waals surface area contributed by atoms with Gasteiger partial charge in [-0.25, -0.2) is 17.5 Å². The molecule has 0 saturated carbocycles. The van der Waals surface area contributed by atoms with E-state index in [2.05, 4.69) is 20.7 Å². The van der Waals surface area contributed by atoms with E-state index in [-0.39, 0.29) is 23.1 Å². The van der Waals surface area contributed by atoms with E-state index in [0.29, 0.717) is 5.56 Å². The summed E-state index contributed by atoms with van der Waals surface area (Å²) < 4.78 is 40.2. The van der Waals surface area contributed by atoms with Crippen molar-refractivity contribution < 1.29 is 22.7 Å². The highest BCUT2D eigenvalue weighted by Crippen LogP contribution is 2.19. The van der Waals surface area contributed by atoms with Crippen LogP contribution in [0.3, 0.4) is 0 Å². The fraction of sp³-hybridized carbons (Fsp3) is 0.462. The lowest BCUT2D eigenvalue weighted by Gasteiger charge is -2.25. The lowest BCUT2D eigenvalue weighted by Crippen LogP contribution is -2.44. The van der Waals surface area contributed by atoms with E-state index in [9.17, 15) is 17.6 Å². The number of nitrogens with one attached hydrogen (secondary N) is 1. The van der Waals surface area contributed by atoms with E-state index in [1.54, 1.807) is 13.8 Å². The molecule has 5 nitrogen and oxygen atoms in total. The highest BCUT2D eigenvalue weighted by Gasteiger charge is 2.25. The Bertz CT molecular complexity index is 631. The molecule has 0 bridgehead atoms. The molecule has 0 aliphatic rings. The van der Waals surface area contributed by atoms with Crippen LogP contribution in [-0.4, -0.2) is 25.0 Å². The number of carboxylic acid groups (broad SMARTS) is 1. The molecule has 21 heavy (non-hydrogen) atoms. The first-order valence-corrected chi connectivity index (χ1v) is 8.63. The van der Waals surface area contributed by atoms with Gasteiger partial charge in [-0.05, 0) is 53.9 Å². The number of benzene rings is 1. The van der Waals surface area contributed by atoms with Gasteiger partial charge in [-0.1, -0.05) is 6.07 Å². The number of rotatable bonds is 7. The Hall–Kier alpha value is -0.990. The molecule has 1 aromatic rings. The fourth-order valence-corrected chi connectivity index (χ4v) is 3.66. The third-order valence-corrected chi connectivity index (χ3v) is 4.96. The van der Waals surface area contributed by atoms with Crippen LogP contribution in [0.25, 0.3) is 0 Å². The van der Waals surface area contributed by atoms with Gasteiger partial charge in [0, 0.05) is 12.0 Å². The third kappa shape index (κ3) is 6.54. The molecule has 118 valence electrons. The highest BCUT2D eigenvalue weighted by atomic mass is 79.9. The van der Waals surface area contributed by atoms with E-state index in [1.807, 2.05) is 0 Å². The minimum absolute atomic E-state index is 0.136. The maximum absolute atomic E-state index is 13.4. The summed E-state index contributed by atoms with van der Waals surface area (Å²) >= 11 is 3.00. The zero-order valence-corrected chi connectivity index (χ0v) is 14.1. The van der Waals surface area contributed by atoms with Gasteiger partial charge < -0.3 is 5.11 Å². The number of hydrogen-bond acceptors (Lipinski definition) is 3. The highest BCUT2D eigenvalue weighted by molar-refractivity contribution is 9.10. The first kappa shape index (κ1) is 18.1. The van der Waals surface area contributed by atoms with Crippen LogP contribution >= 0.6 is 15.9 Å². The molecule has 0 amide bonds. The average molecular weight is 382 g/mol. The third-order valence-electron chi connectivity index (χ3n) is 2.74. The molecule has 2 N–H and O–H groups in total. The predicted molar refractivity (Wildman–Crippen MR) is 80.8 cm³/mol. The van der Waals surface area contributed by atoms with Gasteiger partial charge in [0.05, 0.1) is 10.2 Å². The lowest BCUT2D eigenvalue weighted by molar-refractivity contribution is -0.137. The summed E-state index contributed by atoms with van der Waals surface area (Å²) in [5.41, 5.74) is -0.567. The summed E-state index contributed by atoms with van der Waals surface area (Å²) in [5, 5.41) is 8.64. The molecule has 0 radical (unpaired) electrons. The van der Waals surface area contributed by atoms with Gasteiger partial charge in [-0.15, -0.1) is 0 Å². The van der Waals surface area contributed by atoms with Gasteiger partial charge in [0.15, 0.2) is 0 Å². The van der Waals surface area contributed by atoms with Gasteiger partial charge >= 0.3 is 5.97 Å². The van der Waals surface area contributed by atoms with Crippen molar-refractivity contribution in [2.24, 2.45) is 0 Å². The molecule has 0 spiro atoms. The summed E-state index contributed by atoms with van der Waals surface area (Å²) in [6.45, 7) is 3.21. The molecule has 8 heteroatoms. The van der Waals surface area contributed by atoms with Crippen LogP contribution in [0.15, 0.2) is 22.7 Å². The lowest BCUT2D eigenvalue weighted by atomic mass is 10.0. The Morgan fingerprint density at radius 2 is 2.05 bits per heavy atom. The van der Waals surface area contributed by atoms with E-state index in [1.165, 1.54) is 12.1 Å². The van der Waals surface area contributed by atoms with Crippen molar-refractivity contribution in [2.75, 3.05) is 0 Å². The standard InChI is InChI=1S/C13H17BrFNO4S/c1-13(2,6-5-12(17)18)16-21(19,20)8-9-3-4-10(14)11(15)7-9/h3-4,7,16H,5-6,8H2,1-2H3,(H,17,18). The molecular weight excluding hydrogens is 365 g/mol. The minimum Gasteiger partial charge on any atom is -0.481 e. The molecule has 0 saturated heterocycles. The zero-order chi connectivity index (χ0) is 16.3. The summed E-state index contributed by atoms with van der Waals surface area (Å²) in [6, 6.07) is 4.10. The van der Waals surface area contributed by atoms with Crippen LogP contribution in [0, 0.1) is 5.82 Å². The summed E-state index contributed by atoms with van der Waals surface area (Å²) in [4.78, 5) is 10.5. The second-order valence-electron chi connectivity index (χ2n) is 5.39. The largest absolute Gasteiger partial charge is 0.481 e. The van der Waals surface area contributed by atoms with Gasteiger partial charge in [-0.2, -0.15) is 0 Å². The second-order valence-corrected chi connectivity index (χ2v) is 7.96. The van der Waals surface area contributed by atoms with Crippen molar-refractivity contribution in [1.29, 1.82) is 0 Å². The number of hydrogen-bond donors (Lipinski definition) is 2. The van der Waals surface area contributed by atoms with Crippen LogP contribution in [0.5, 0.6) is 0 Å². The molecular formula is C13H17BrFNO4S. The van der Waals surface area contributed by atoms with Crippen LogP contribution < -0.4 is 4.72 Å². The van der Waals surface area contributed by atoms with Gasteiger partial charge in [0.2, 0.25) is 10.0 Å².